The van der Waals surface area contributed by atoms with Crippen molar-refractivity contribution >= 4 is 29.1 Å². The fourth-order valence-electron chi connectivity index (χ4n) is 2.50. The van der Waals surface area contributed by atoms with Crippen LogP contribution < -0.4 is 15.5 Å². The first-order valence-electron chi connectivity index (χ1n) is 7.27. The van der Waals surface area contributed by atoms with Crippen LogP contribution in [0.1, 0.15) is 38.8 Å². The zero-order valence-corrected chi connectivity index (χ0v) is 13.3. The molecule has 0 spiro atoms. The number of aromatic nitrogens is 2. The fourth-order valence-corrected chi connectivity index (χ4v) is 2.74. The van der Waals surface area contributed by atoms with Crippen molar-refractivity contribution in [2.45, 2.75) is 46.1 Å². The van der Waals surface area contributed by atoms with Gasteiger partial charge in [-0.25, -0.2) is 4.98 Å². The van der Waals surface area contributed by atoms with E-state index < -0.39 is 0 Å². The molecule has 1 atom stereocenters. The number of nitrogens with one attached hydrogen (secondary N) is 2. The summed E-state index contributed by atoms with van der Waals surface area (Å²) in [6.07, 6.45) is 3.75. The maximum Gasteiger partial charge on any atom is 0.231 e. The number of aryl methyl sites for hydroxylation is 1. The first-order valence-corrected chi connectivity index (χ1v) is 7.68. The molecule has 20 heavy (non-hydrogen) atoms. The molecule has 1 fully saturated rings. The van der Waals surface area contributed by atoms with Gasteiger partial charge in [-0.2, -0.15) is 4.98 Å². The lowest BCUT2D eigenvalue weighted by molar-refractivity contribution is 0.481. The van der Waals surface area contributed by atoms with E-state index in [-0.39, 0.29) is 0 Å². The number of anilines is 2. The minimum Gasteiger partial charge on any atom is -0.363 e. The zero-order chi connectivity index (χ0) is 14.5. The molecule has 1 aliphatic rings. The Morgan fingerprint density at radius 2 is 2.25 bits per heavy atom. The number of thiocarbonyl (C=S) groups is 1. The lowest BCUT2D eigenvalue weighted by Crippen LogP contribution is -2.38. The molecular weight excluding hydrogens is 270 g/mol. The highest BCUT2D eigenvalue weighted by atomic mass is 32.1. The molecule has 6 heteroatoms. The van der Waals surface area contributed by atoms with Crippen LogP contribution in [0.2, 0.25) is 0 Å². The van der Waals surface area contributed by atoms with E-state index in [1.165, 1.54) is 19.3 Å². The zero-order valence-electron chi connectivity index (χ0n) is 12.4. The first kappa shape index (κ1) is 15.0. The number of piperidine rings is 1. The summed E-state index contributed by atoms with van der Waals surface area (Å²) in [7, 11) is 0. The van der Waals surface area contributed by atoms with Crippen LogP contribution in [-0.4, -0.2) is 34.2 Å². The largest absolute Gasteiger partial charge is 0.363 e. The molecule has 0 aliphatic carbocycles. The Kier molecular flexibility index (Phi) is 5.11. The van der Waals surface area contributed by atoms with Gasteiger partial charge in [-0.15, -0.1) is 0 Å². The normalized spacial score (nSPS) is 18.8. The molecule has 110 valence electrons. The van der Waals surface area contributed by atoms with Gasteiger partial charge in [0.15, 0.2) is 5.11 Å². The summed E-state index contributed by atoms with van der Waals surface area (Å²) in [6, 6.07) is 2.58. The third-order valence-corrected chi connectivity index (χ3v) is 3.75. The molecule has 2 rings (SSSR count). The van der Waals surface area contributed by atoms with Gasteiger partial charge in [0.2, 0.25) is 5.95 Å². The van der Waals surface area contributed by atoms with E-state index in [0.717, 1.165) is 24.6 Å². The van der Waals surface area contributed by atoms with E-state index in [4.69, 9.17) is 12.2 Å². The SMILES string of the molecule is CCNC(=S)Nc1nc(C)cc(N2CCCCC2C)n1. The van der Waals surface area contributed by atoms with E-state index in [9.17, 15) is 0 Å². The van der Waals surface area contributed by atoms with Crippen LogP contribution in [0.15, 0.2) is 6.07 Å². The van der Waals surface area contributed by atoms with Crippen LogP contribution in [0.25, 0.3) is 0 Å². The molecule has 1 unspecified atom stereocenters. The van der Waals surface area contributed by atoms with Crippen LogP contribution in [0, 0.1) is 6.92 Å². The molecule has 0 aromatic carbocycles. The minimum atomic E-state index is 0.534. The predicted molar refractivity (Wildman–Crippen MR) is 87.3 cm³/mol. The van der Waals surface area contributed by atoms with Gasteiger partial charge in [-0.1, -0.05) is 0 Å². The maximum atomic E-state index is 5.19. The highest BCUT2D eigenvalue weighted by Crippen LogP contribution is 2.24. The highest BCUT2D eigenvalue weighted by molar-refractivity contribution is 7.80. The molecule has 1 aromatic heterocycles. The fraction of sp³-hybridized carbons (Fsp3) is 0.643. The molecule has 5 nitrogen and oxygen atoms in total. The molecule has 2 N–H and O–H groups in total. The molecule has 0 radical (unpaired) electrons. The lowest BCUT2D eigenvalue weighted by atomic mass is 10.0. The van der Waals surface area contributed by atoms with E-state index in [1.807, 2.05) is 19.9 Å². The van der Waals surface area contributed by atoms with Crippen LogP contribution in [0.4, 0.5) is 11.8 Å². The van der Waals surface area contributed by atoms with Crippen LogP contribution in [0.3, 0.4) is 0 Å². The molecular formula is C14H23N5S. The Morgan fingerprint density at radius 3 is 2.95 bits per heavy atom. The van der Waals surface area contributed by atoms with Crippen molar-refractivity contribution < 1.29 is 0 Å². The van der Waals surface area contributed by atoms with Crippen molar-refractivity contribution in [2.75, 3.05) is 23.3 Å². The summed E-state index contributed by atoms with van der Waals surface area (Å²) in [5.74, 6) is 1.57. The summed E-state index contributed by atoms with van der Waals surface area (Å²) in [4.78, 5) is 11.4. The van der Waals surface area contributed by atoms with E-state index in [1.54, 1.807) is 0 Å². The summed E-state index contributed by atoms with van der Waals surface area (Å²) in [5, 5.41) is 6.66. The standard InChI is InChI=1S/C14H23N5S/c1-4-15-14(20)18-13-16-10(2)9-12(17-13)19-8-6-5-7-11(19)3/h9,11H,4-8H2,1-3H3,(H2,15,16,17,18,20). The average molecular weight is 293 g/mol. The molecule has 0 saturated carbocycles. The van der Waals surface area contributed by atoms with Gasteiger partial charge >= 0.3 is 0 Å². The molecule has 0 amide bonds. The molecule has 1 aromatic rings. The monoisotopic (exact) mass is 293 g/mol. The topological polar surface area (TPSA) is 53.1 Å². The second-order valence-corrected chi connectivity index (χ2v) is 5.62. The number of rotatable bonds is 3. The average Bonchev–Trinajstić information content (AvgIpc) is 2.38. The maximum absolute atomic E-state index is 5.19. The molecule has 1 aliphatic heterocycles. The minimum absolute atomic E-state index is 0.534. The Balaban J connectivity index is 2.17. The molecule has 1 saturated heterocycles. The summed E-state index contributed by atoms with van der Waals surface area (Å²) < 4.78 is 0. The lowest BCUT2D eigenvalue weighted by Gasteiger charge is -2.34. The Labute approximate surface area is 126 Å². The summed E-state index contributed by atoms with van der Waals surface area (Å²) >= 11 is 5.19. The van der Waals surface area contributed by atoms with Gasteiger partial charge in [0.1, 0.15) is 5.82 Å². The number of nitrogens with zero attached hydrogens (tertiary/aromatic N) is 3. The number of hydrogen-bond donors (Lipinski definition) is 2. The third-order valence-electron chi connectivity index (χ3n) is 3.50. The van der Waals surface area contributed by atoms with Gasteiger partial charge in [0, 0.05) is 30.9 Å². The van der Waals surface area contributed by atoms with Crippen molar-refractivity contribution in [3.05, 3.63) is 11.8 Å². The molecule has 2 heterocycles. The van der Waals surface area contributed by atoms with E-state index in [0.29, 0.717) is 17.1 Å². The first-order chi connectivity index (χ1) is 9.60. The Hall–Kier alpha value is -1.43. The second kappa shape index (κ2) is 6.83. The van der Waals surface area contributed by atoms with Crippen LogP contribution >= 0.6 is 12.2 Å². The quantitative estimate of drug-likeness (QED) is 0.835. The van der Waals surface area contributed by atoms with Crippen molar-refractivity contribution in [3.63, 3.8) is 0 Å². The molecule has 0 bridgehead atoms. The Morgan fingerprint density at radius 1 is 1.45 bits per heavy atom. The van der Waals surface area contributed by atoms with Crippen LogP contribution in [-0.2, 0) is 0 Å². The predicted octanol–water partition coefficient (Wildman–Crippen LogP) is 2.47. The van der Waals surface area contributed by atoms with Crippen molar-refractivity contribution in [1.82, 2.24) is 15.3 Å². The second-order valence-electron chi connectivity index (χ2n) is 5.21. The van der Waals surface area contributed by atoms with Crippen molar-refractivity contribution in [1.29, 1.82) is 0 Å². The van der Waals surface area contributed by atoms with Gasteiger partial charge in [0.25, 0.3) is 0 Å². The van der Waals surface area contributed by atoms with Gasteiger partial charge in [-0.3, -0.25) is 0 Å². The van der Waals surface area contributed by atoms with Gasteiger partial charge in [-0.05, 0) is 52.3 Å². The highest BCUT2D eigenvalue weighted by Gasteiger charge is 2.20. The smallest absolute Gasteiger partial charge is 0.231 e. The van der Waals surface area contributed by atoms with Gasteiger partial charge in [0.05, 0.1) is 0 Å². The van der Waals surface area contributed by atoms with E-state index >= 15 is 0 Å². The van der Waals surface area contributed by atoms with E-state index in [2.05, 4.69) is 32.4 Å². The van der Waals surface area contributed by atoms with Crippen LogP contribution in [0.5, 0.6) is 0 Å². The summed E-state index contributed by atoms with van der Waals surface area (Å²) in [5.41, 5.74) is 0.953. The third kappa shape index (κ3) is 3.79. The van der Waals surface area contributed by atoms with Crippen molar-refractivity contribution in [3.8, 4) is 0 Å². The Bertz CT molecular complexity index is 477. The van der Waals surface area contributed by atoms with Crippen molar-refractivity contribution in [2.24, 2.45) is 0 Å². The number of hydrogen-bond acceptors (Lipinski definition) is 4. The summed E-state index contributed by atoms with van der Waals surface area (Å²) in [6.45, 7) is 8.10. The van der Waals surface area contributed by atoms with Gasteiger partial charge < -0.3 is 15.5 Å².